The number of nitrogens with zero attached hydrogens (tertiary/aromatic N) is 3. The van der Waals surface area contributed by atoms with Crippen molar-refractivity contribution in [3.63, 3.8) is 0 Å². The van der Waals surface area contributed by atoms with E-state index in [1.54, 1.807) is 11.8 Å². The number of aryl methyl sites for hydroxylation is 2. The van der Waals surface area contributed by atoms with E-state index in [-0.39, 0.29) is 24.4 Å². The van der Waals surface area contributed by atoms with E-state index in [4.69, 9.17) is 10.5 Å². The molecule has 1 fully saturated rings. The van der Waals surface area contributed by atoms with Gasteiger partial charge >= 0.3 is 0 Å². The molecule has 1 aromatic rings. The number of rotatable bonds is 6. The van der Waals surface area contributed by atoms with Crippen LogP contribution in [0.2, 0.25) is 0 Å². The fourth-order valence-electron chi connectivity index (χ4n) is 2.69. The van der Waals surface area contributed by atoms with E-state index in [1.165, 1.54) is 0 Å². The van der Waals surface area contributed by atoms with Gasteiger partial charge in [0.2, 0.25) is 5.91 Å². The molecule has 0 bridgehead atoms. The average Bonchev–Trinajstić information content (AvgIpc) is 2.82. The standard InChI is InChI=1S/C15H26N4O2S.ClH/c1-11-8-12(2)19(17-11)10-13-9-18(5-6-21-13)15(20)14(16)4-7-22-3;/h8,13-14H,4-7,9-10,16H2,1-3H3;1H/t13?,14-;/m0./s1. The maximum atomic E-state index is 12.4. The zero-order valence-corrected chi connectivity index (χ0v) is 15.7. The number of nitrogens with two attached hydrogens (primary N) is 1. The SMILES string of the molecule is CSCC[C@H](N)C(=O)N1CCOC(Cn2nc(C)cc2C)C1.Cl. The zero-order valence-electron chi connectivity index (χ0n) is 14.0. The molecule has 2 heterocycles. The van der Waals surface area contributed by atoms with Gasteiger partial charge < -0.3 is 15.4 Å². The van der Waals surface area contributed by atoms with Crippen LogP contribution < -0.4 is 5.73 Å². The van der Waals surface area contributed by atoms with Crippen LogP contribution in [-0.2, 0) is 16.1 Å². The van der Waals surface area contributed by atoms with Crippen LogP contribution in [0.1, 0.15) is 17.8 Å². The molecule has 0 radical (unpaired) electrons. The smallest absolute Gasteiger partial charge is 0.239 e. The summed E-state index contributed by atoms with van der Waals surface area (Å²) >= 11 is 1.71. The Kier molecular flexibility index (Phi) is 8.39. The summed E-state index contributed by atoms with van der Waals surface area (Å²) in [6.45, 7) is 6.45. The van der Waals surface area contributed by atoms with Gasteiger partial charge in [-0.25, -0.2) is 0 Å². The van der Waals surface area contributed by atoms with Gasteiger partial charge in [-0.3, -0.25) is 9.48 Å². The molecule has 1 saturated heterocycles. The van der Waals surface area contributed by atoms with E-state index in [9.17, 15) is 4.79 Å². The molecule has 1 aliphatic rings. The molecule has 0 aliphatic carbocycles. The molecule has 2 N–H and O–H groups in total. The van der Waals surface area contributed by atoms with Crippen LogP contribution in [0.3, 0.4) is 0 Å². The van der Waals surface area contributed by atoms with Gasteiger partial charge in [0.25, 0.3) is 0 Å². The molecule has 8 heteroatoms. The Morgan fingerprint density at radius 2 is 2.30 bits per heavy atom. The van der Waals surface area contributed by atoms with Crippen LogP contribution in [-0.4, -0.2) is 64.4 Å². The van der Waals surface area contributed by atoms with Crippen LogP contribution in [0, 0.1) is 13.8 Å². The summed E-state index contributed by atoms with van der Waals surface area (Å²) in [5, 5.41) is 4.46. The number of carbonyl (C=O) groups excluding carboxylic acids is 1. The summed E-state index contributed by atoms with van der Waals surface area (Å²) in [5.74, 6) is 0.947. The molecule has 132 valence electrons. The van der Waals surface area contributed by atoms with Crippen molar-refractivity contribution in [2.75, 3.05) is 31.7 Å². The minimum atomic E-state index is -0.403. The molecular formula is C15H27ClN4O2S. The van der Waals surface area contributed by atoms with Crippen LogP contribution >= 0.6 is 24.2 Å². The largest absolute Gasteiger partial charge is 0.373 e. The van der Waals surface area contributed by atoms with Crippen molar-refractivity contribution in [2.24, 2.45) is 5.73 Å². The summed E-state index contributed by atoms with van der Waals surface area (Å²) in [4.78, 5) is 14.2. The Bertz CT molecular complexity index is 512. The second kappa shape index (κ2) is 9.52. The predicted octanol–water partition coefficient (Wildman–Crippen LogP) is 1.23. The highest BCUT2D eigenvalue weighted by Gasteiger charge is 2.28. The molecule has 1 amide bonds. The number of aromatic nitrogens is 2. The number of hydrogen-bond donors (Lipinski definition) is 1. The van der Waals surface area contributed by atoms with Crippen LogP contribution in [0.5, 0.6) is 0 Å². The van der Waals surface area contributed by atoms with Crippen molar-refractivity contribution >= 4 is 30.1 Å². The molecule has 0 aromatic carbocycles. The number of hydrogen-bond acceptors (Lipinski definition) is 5. The highest BCUT2D eigenvalue weighted by molar-refractivity contribution is 7.98. The van der Waals surface area contributed by atoms with E-state index in [2.05, 4.69) is 5.10 Å². The van der Waals surface area contributed by atoms with Crippen LogP contribution in [0.15, 0.2) is 6.07 Å². The van der Waals surface area contributed by atoms with Crippen molar-refractivity contribution in [2.45, 2.75) is 39.0 Å². The Hall–Kier alpha value is -0.760. The van der Waals surface area contributed by atoms with E-state index in [0.29, 0.717) is 26.2 Å². The van der Waals surface area contributed by atoms with E-state index >= 15 is 0 Å². The Labute approximate surface area is 148 Å². The maximum Gasteiger partial charge on any atom is 0.239 e. The van der Waals surface area contributed by atoms with Crippen LogP contribution in [0.4, 0.5) is 0 Å². The molecule has 23 heavy (non-hydrogen) atoms. The molecule has 1 aromatic heterocycles. The first-order valence-corrected chi connectivity index (χ1v) is 9.06. The zero-order chi connectivity index (χ0) is 16.1. The van der Waals surface area contributed by atoms with Crippen molar-refractivity contribution in [3.8, 4) is 0 Å². The highest BCUT2D eigenvalue weighted by atomic mass is 35.5. The Morgan fingerprint density at radius 3 is 2.91 bits per heavy atom. The average molecular weight is 363 g/mol. The maximum absolute atomic E-state index is 12.4. The van der Waals surface area contributed by atoms with Crippen molar-refractivity contribution in [1.82, 2.24) is 14.7 Å². The highest BCUT2D eigenvalue weighted by Crippen LogP contribution is 2.12. The van der Waals surface area contributed by atoms with Gasteiger partial charge in [0, 0.05) is 18.8 Å². The third-order valence-electron chi connectivity index (χ3n) is 3.88. The minimum Gasteiger partial charge on any atom is -0.373 e. The third-order valence-corrected chi connectivity index (χ3v) is 4.52. The number of carbonyl (C=O) groups is 1. The van der Waals surface area contributed by atoms with E-state index < -0.39 is 6.04 Å². The molecule has 2 atom stereocenters. The summed E-state index contributed by atoms with van der Waals surface area (Å²) in [6, 6.07) is 1.64. The lowest BCUT2D eigenvalue weighted by Gasteiger charge is -2.34. The van der Waals surface area contributed by atoms with Gasteiger partial charge in [-0.2, -0.15) is 16.9 Å². The number of ether oxygens (including phenoxy) is 1. The van der Waals surface area contributed by atoms with Gasteiger partial charge in [-0.15, -0.1) is 12.4 Å². The second-order valence-electron chi connectivity index (χ2n) is 5.77. The normalized spacial score (nSPS) is 19.3. The third kappa shape index (κ3) is 5.67. The summed E-state index contributed by atoms with van der Waals surface area (Å²) < 4.78 is 7.73. The number of thioether (sulfide) groups is 1. The first-order chi connectivity index (χ1) is 10.5. The topological polar surface area (TPSA) is 73.4 Å². The fraction of sp³-hybridized carbons (Fsp3) is 0.733. The number of amides is 1. The van der Waals surface area contributed by atoms with Crippen LogP contribution in [0.25, 0.3) is 0 Å². The molecule has 1 aliphatic heterocycles. The predicted molar refractivity (Wildman–Crippen MR) is 96.2 cm³/mol. The van der Waals surface area contributed by atoms with Gasteiger partial charge in [-0.1, -0.05) is 0 Å². The second-order valence-corrected chi connectivity index (χ2v) is 6.76. The lowest BCUT2D eigenvalue weighted by molar-refractivity contribution is -0.140. The lowest BCUT2D eigenvalue weighted by Crippen LogP contribution is -2.52. The van der Waals surface area contributed by atoms with Crippen molar-refractivity contribution in [1.29, 1.82) is 0 Å². The summed E-state index contributed by atoms with van der Waals surface area (Å²) in [7, 11) is 0. The molecule has 6 nitrogen and oxygen atoms in total. The number of halogens is 1. The van der Waals surface area contributed by atoms with Gasteiger partial charge in [0.15, 0.2) is 0 Å². The first kappa shape index (κ1) is 20.3. The van der Waals surface area contributed by atoms with Crippen molar-refractivity contribution < 1.29 is 9.53 Å². The minimum absolute atomic E-state index is 0. The Morgan fingerprint density at radius 1 is 1.57 bits per heavy atom. The molecular weight excluding hydrogens is 336 g/mol. The van der Waals surface area contributed by atoms with Gasteiger partial charge in [0.1, 0.15) is 0 Å². The van der Waals surface area contributed by atoms with Gasteiger partial charge in [-0.05, 0) is 38.3 Å². The Balaban J connectivity index is 0.00000264. The van der Waals surface area contributed by atoms with E-state index in [0.717, 1.165) is 23.6 Å². The first-order valence-electron chi connectivity index (χ1n) is 7.67. The fourth-order valence-corrected chi connectivity index (χ4v) is 3.18. The van der Waals surface area contributed by atoms with Gasteiger partial charge in [0.05, 0.1) is 31.0 Å². The number of morpholine rings is 1. The monoisotopic (exact) mass is 362 g/mol. The molecule has 0 spiro atoms. The quantitative estimate of drug-likeness (QED) is 0.823. The summed E-state index contributed by atoms with van der Waals surface area (Å²) in [6.07, 6.45) is 2.72. The molecule has 1 unspecified atom stereocenters. The van der Waals surface area contributed by atoms with E-state index in [1.807, 2.05) is 35.8 Å². The lowest BCUT2D eigenvalue weighted by atomic mass is 10.2. The van der Waals surface area contributed by atoms with Crippen molar-refractivity contribution in [3.05, 3.63) is 17.5 Å². The summed E-state index contributed by atoms with van der Waals surface area (Å²) in [5.41, 5.74) is 8.11. The molecule has 0 saturated carbocycles. The molecule has 2 rings (SSSR count).